The van der Waals surface area contributed by atoms with Crippen molar-refractivity contribution in [1.82, 2.24) is 10.3 Å². The van der Waals surface area contributed by atoms with Crippen LogP contribution in [0, 0.1) is 0 Å². The molecule has 0 unspecified atom stereocenters. The lowest BCUT2D eigenvalue weighted by Gasteiger charge is -2.16. The van der Waals surface area contributed by atoms with Crippen molar-refractivity contribution in [3.8, 4) is 0 Å². The number of aromatic nitrogens is 1. The molecule has 1 heterocycles. The first-order chi connectivity index (χ1) is 10.2. The van der Waals surface area contributed by atoms with Crippen LogP contribution in [0.1, 0.15) is 16.1 Å². The predicted molar refractivity (Wildman–Crippen MR) is 89.1 cm³/mol. The largest absolute Gasteiger partial charge is 0.378 e. The molecule has 1 N–H and O–H groups in total. The van der Waals surface area contributed by atoms with E-state index in [-0.39, 0.29) is 0 Å². The van der Waals surface area contributed by atoms with E-state index in [0.717, 1.165) is 34.5 Å². The monoisotopic (exact) mass is 325 g/mol. The Balaban J connectivity index is 2.17. The summed E-state index contributed by atoms with van der Waals surface area (Å²) in [5.41, 5.74) is 2.10. The molecule has 0 radical (unpaired) electrons. The summed E-state index contributed by atoms with van der Waals surface area (Å²) in [6, 6.07) is 7.89. The number of nitrogens with one attached hydrogen (secondary N) is 1. The van der Waals surface area contributed by atoms with Crippen LogP contribution in [0.15, 0.2) is 24.3 Å². The van der Waals surface area contributed by atoms with Crippen LogP contribution in [-0.2, 0) is 24.4 Å². The average molecular weight is 326 g/mol. The lowest BCUT2D eigenvalue weighted by Crippen LogP contribution is -2.16. The van der Waals surface area contributed by atoms with Gasteiger partial charge in [0.05, 0.1) is 12.3 Å². The second-order valence-electron chi connectivity index (χ2n) is 4.78. The Morgan fingerprint density at radius 2 is 2.14 bits per heavy atom. The fraction of sp³-hybridized carbons (Fsp3) is 0.400. The maximum atomic E-state index is 6.22. The number of methoxy groups -OCH3 is 1. The second kappa shape index (κ2) is 7.75. The quantitative estimate of drug-likeness (QED) is 0.847. The van der Waals surface area contributed by atoms with Gasteiger partial charge in [0, 0.05) is 37.1 Å². The van der Waals surface area contributed by atoms with Crippen LogP contribution in [0.3, 0.4) is 0 Å². The molecular weight excluding hydrogens is 306 g/mol. The van der Waals surface area contributed by atoms with Crippen LogP contribution in [0.5, 0.6) is 0 Å². The molecule has 0 atom stereocenters. The molecule has 2 rings (SSSR count). The summed E-state index contributed by atoms with van der Waals surface area (Å²) in [4.78, 5) is 8.00. The Morgan fingerprint density at radius 3 is 2.81 bits per heavy atom. The summed E-state index contributed by atoms with van der Waals surface area (Å²) in [5.74, 6) is 0. The van der Waals surface area contributed by atoms with Crippen molar-refractivity contribution < 1.29 is 4.74 Å². The highest BCUT2D eigenvalue weighted by Gasteiger charge is 2.14. The van der Waals surface area contributed by atoms with Crippen molar-refractivity contribution in [3.63, 3.8) is 0 Å². The molecule has 2 aromatic rings. The maximum Gasteiger partial charge on any atom is 0.185 e. The van der Waals surface area contributed by atoms with Gasteiger partial charge in [0.15, 0.2) is 5.13 Å². The first kappa shape index (κ1) is 16.2. The zero-order valence-corrected chi connectivity index (χ0v) is 14.1. The third-order valence-electron chi connectivity index (χ3n) is 3.08. The SMILES string of the molecule is CNCc1sc(N(C)Cc2ccccc2Cl)nc1COC. The van der Waals surface area contributed by atoms with Gasteiger partial charge in [-0.25, -0.2) is 4.98 Å². The number of ether oxygens (including phenoxy) is 1. The molecule has 21 heavy (non-hydrogen) atoms. The molecule has 0 fully saturated rings. The topological polar surface area (TPSA) is 37.4 Å². The summed E-state index contributed by atoms with van der Waals surface area (Å²) >= 11 is 7.90. The molecule has 0 amide bonds. The van der Waals surface area contributed by atoms with Gasteiger partial charge in [-0.2, -0.15) is 0 Å². The van der Waals surface area contributed by atoms with Crippen LogP contribution >= 0.6 is 22.9 Å². The fourth-order valence-electron chi connectivity index (χ4n) is 2.03. The standard InChI is InChI=1S/C15H20ClN3OS/c1-17-8-14-13(10-20-3)18-15(21-14)19(2)9-11-6-4-5-7-12(11)16/h4-7,17H,8-10H2,1-3H3. The molecule has 6 heteroatoms. The van der Waals surface area contributed by atoms with Gasteiger partial charge < -0.3 is 15.0 Å². The van der Waals surface area contributed by atoms with E-state index in [1.165, 1.54) is 4.88 Å². The molecule has 1 aromatic carbocycles. The van der Waals surface area contributed by atoms with E-state index in [1.807, 2.05) is 38.4 Å². The summed E-state index contributed by atoms with van der Waals surface area (Å²) < 4.78 is 5.22. The van der Waals surface area contributed by atoms with Crippen molar-refractivity contribution in [2.45, 2.75) is 19.7 Å². The number of rotatable bonds is 7. The van der Waals surface area contributed by atoms with Gasteiger partial charge in [-0.1, -0.05) is 29.8 Å². The minimum absolute atomic E-state index is 0.535. The number of thiazole rings is 1. The fourth-order valence-corrected chi connectivity index (χ4v) is 3.26. The Morgan fingerprint density at radius 1 is 1.38 bits per heavy atom. The van der Waals surface area contributed by atoms with Crippen LogP contribution in [0.2, 0.25) is 5.02 Å². The molecule has 4 nitrogen and oxygen atoms in total. The predicted octanol–water partition coefficient (Wildman–Crippen LogP) is 3.30. The Kier molecular flexibility index (Phi) is 5.99. The summed E-state index contributed by atoms with van der Waals surface area (Å²) in [6.45, 7) is 2.07. The second-order valence-corrected chi connectivity index (χ2v) is 6.25. The summed E-state index contributed by atoms with van der Waals surface area (Å²) in [7, 11) is 5.65. The van der Waals surface area contributed by atoms with E-state index in [1.54, 1.807) is 18.4 Å². The first-order valence-electron chi connectivity index (χ1n) is 6.72. The molecule has 0 saturated heterocycles. The van der Waals surface area contributed by atoms with Gasteiger partial charge >= 0.3 is 0 Å². The highest BCUT2D eigenvalue weighted by molar-refractivity contribution is 7.15. The zero-order chi connectivity index (χ0) is 15.2. The third-order valence-corrected chi connectivity index (χ3v) is 4.66. The van der Waals surface area contributed by atoms with Crippen LogP contribution in [0.4, 0.5) is 5.13 Å². The van der Waals surface area contributed by atoms with Gasteiger partial charge in [0.1, 0.15) is 0 Å². The molecule has 0 bridgehead atoms. The minimum Gasteiger partial charge on any atom is -0.378 e. The van der Waals surface area contributed by atoms with E-state index in [4.69, 9.17) is 16.3 Å². The highest BCUT2D eigenvalue weighted by Crippen LogP contribution is 2.28. The maximum absolute atomic E-state index is 6.22. The average Bonchev–Trinajstić information content (AvgIpc) is 2.86. The van der Waals surface area contributed by atoms with E-state index in [0.29, 0.717) is 6.61 Å². The summed E-state index contributed by atoms with van der Waals surface area (Å²) in [5, 5.41) is 4.93. The number of hydrogen-bond donors (Lipinski definition) is 1. The molecule has 0 saturated carbocycles. The van der Waals surface area contributed by atoms with Gasteiger partial charge in [-0.05, 0) is 18.7 Å². The number of hydrogen-bond acceptors (Lipinski definition) is 5. The molecular formula is C15H20ClN3OS. The van der Waals surface area contributed by atoms with Crippen LogP contribution in [0.25, 0.3) is 0 Å². The number of benzene rings is 1. The van der Waals surface area contributed by atoms with E-state index in [9.17, 15) is 0 Å². The van der Waals surface area contributed by atoms with Crippen molar-refractivity contribution in [3.05, 3.63) is 45.4 Å². The van der Waals surface area contributed by atoms with Crippen molar-refractivity contribution in [2.75, 3.05) is 26.1 Å². The molecule has 0 aliphatic heterocycles. The number of anilines is 1. The van der Waals surface area contributed by atoms with Crippen LogP contribution < -0.4 is 10.2 Å². The van der Waals surface area contributed by atoms with Crippen molar-refractivity contribution in [2.24, 2.45) is 0 Å². The van der Waals surface area contributed by atoms with E-state index >= 15 is 0 Å². The smallest absolute Gasteiger partial charge is 0.185 e. The van der Waals surface area contributed by atoms with Gasteiger partial charge in [-0.15, -0.1) is 11.3 Å². The first-order valence-corrected chi connectivity index (χ1v) is 7.91. The Hall–Kier alpha value is -1.14. The van der Waals surface area contributed by atoms with E-state index in [2.05, 4.69) is 15.2 Å². The number of halogens is 1. The molecule has 114 valence electrons. The van der Waals surface area contributed by atoms with Crippen molar-refractivity contribution in [1.29, 1.82) is 0 Å². The number of nitrogens with zero attached hydrogens (tertiary/aromatic N) is 2. The summed E-state index contributed by atoms with van der Waals surface area (Å²) in [6.07, 6.45) is 0. The van der Waals surface area contributed by atoms with Gasteiger partial charge in [0.25, 0.3) is 0 Å². The normalized spacial score (nSPS) is 10.9. The highest BCUT2D eigenvalue weighted by atomic mass is 35.5. The Labute approximate surface area is 134 Å². The van der Waals surface area contributed by atoms with Gasteiger partial charge in [0.2, 0.25) is 0 Å². The van der Waals surface area contributed by atoms with Crippen LogP contribution in [-0.4, -0.2) is 26.2 Å². The zero-order valence-electron chi connectivity index (χ0n) is 12.5. The molecule has 1 aromatic heterocycles. The van der Waals surface area contributed by atoms with Crippen molar-refractivity contribution >= 4 is 28.1 Å². The molecule has 0 aliphatic carbocycles. The molecule has 0 aliphatic rings. The molecule has 0 spiro atoms. The van der Waals surface area contributed by atoms with Gasteiger partial charge in [-0.3, -0.25) is 0 Å². The van der Waals surface area contributed by atoms with E-state index < -0.39 is 0 Å². The minimum atomic E-state index is 0.535. The lowest BCUT2D eigenvalue weighted by molar-refractivity contribution is 0.181. The third kappa shape index (κ3) is 4.17. The Bertz CT molecular complexity index is 565. The lowest BCUT2D eigenvalue weighted by atomic mass is 10.2.